The number of anilines is 1. The molecule has 1 fully saturated rings. The highest BCUT2D eigenvalue weighted by Crippen LogP contribution is 2.39. The lowest BCUT2D eigenvalue weighted by Crippen LogP contribution is -2.52. The summed E-state index contributed by atoms with van der Waals surface area (Å²) in [6, 6.07) is 15.4. The third-order valence-corrected chi connectivity index (χ3v) is 6.93. The molecule has 2 aliphatic rings. The van der Waals surface area contributed by atoms with Crippen LogP contribution in [0.25, 0.3) is 0 Å². The number of fused-ring (bicyclic) bond motifs is 1. The molecule has 0 spiro atoms. The van der Waals surface area contributed by atoms with E-state index in [9.17, 15) is 14.4 Å². The van der Waals surface area contributed by atoms with Gasteiger partial charge in [-0.2, -0.15) is 0 Å². The summed E-state index contributed by atoms with van der Waals surface area (Å²) in [5, 5.41) is 2.05. The lowest BCUT2D eigenvalue weighted by molar-refractivity contribution is -0.135. The lowest BCUT2D eigenvalue weighted by Gasteiger charge is -2.36. The predicted molar refractivity (Wildman–Crippen MR) is 122 cm³/mol. The van der Waals surface area contributed by atoms with Crippen molar-refractivity contribution in [2.75, 3.05) is 24.5 Å². The third kappa shape index (κ3) is 4.93. The average Bonchev–Trinajstić information content (AvgIpc) is 2.80. The van der Waals surface area contributed by atoms with Crippen molar-refractivity contribution in [1.29, 1.82) is 0 Å². The fourth-order valence-electron chi connectivity index (χ4n) is 3.92. The van der Waals surface area contributed by atoms with Crippen molar-refractivity contribution in [3.05, 3.63) is 59.7 Å². The van der Waals surface area contributed by atoms with Crippen LogP contribution in [0.1, 0.15) is 30.4 Å². The van der Waals surface area contributed by atoms with Gasteiger partial charge in [-0.25, -0.2) is 0 Å². The number of carbonyl (C=O) groups is 3. The first kappa shape index (κ1) is 21.4. The Morgan fingerprint density at radius 1 is 1.03 bits per heavy atom. The van der Waals surface area contributed by atoms with E-state index in [-0.39, 0.29) is 24.3 Å². The molecule has 0 unspecified atom stereocenters. The number of amides is 3. The Bertz CT molecular complexity index is 970. The topological polar surface area (TPSA) is 69.7 Å². The van der Waals surface area contributed by atoms with E-state index in [0.29, 0.717) is 25.3 Å². The van der Waals surface area contributed by atoms with Gasteiger partial charge in [-0.3, -0.25) is 14.4 Å². The average molecular weight is 438 g/mol. The molecule has 2 heterocycles. The van der Waals surface area contributed by atoms with Crippen molar-refractivity contribution in [2.24, 2.45) is 0 Å². The molecule has 0 aromatic heterocycles. The van der Waals surface area contributed by atoms with E-state index >= 15 is 0 Å². The highest BCUT2D eigenvalue weighted by Gasteiger charge is 2.40. The summed E-state index contributed by atoms with van der Waals surface area (Å²) in [5.74, 6) is -0.709. The van der Waals surface area contributed by atoms with Crippen LogP contribution in [0.3, 0.4) is 0 Å². The normalized spacial score (nSPS) is 18.5. The number of piperidine rings is 1. The number of hydrogen-bond donors (Lipinski definition) is 1. The summed E-state index contributed by atoms with van der Waals surface area (Å²) in [5.41, 5.74) is 2.84. The van der Waals surface area contributed by atoms with Crippen LogP contribution in [0.4, 0.5) is 5.69 Å². The first-order chi connectivity index (χ1) is 15.0. The molecule has 0 saturated carbocycles. The molecule has 162 valence electrons. The van der Waals surface area contributed by atoms with Crippen molar-refractivity contribution in [3.63, 3.8) is 0 Å². The Labute approximate surface area is 187 Å². The van der Waals surface area contributed by atoms with Crippen molar-refractivity contribution in [1.82, 2.24) is 10.2 Å². The fourth-order valence-corrected chi connectivity index (χ4v) is 5.11. The Hall–Kier alpha value is -2.80. The van der Waals surface area contributed by atoms with E-state index in [2.05, 4.69) is 5.32 Å². The highest BCUT2D eigenvalue weighted by atomic mass is 32.2. The largest absolute Gasteiger partial charge is 0.350 e. The SMILES string of the molecule is Cc1ccc(CNC(=O)CN2C(=O)[C@@H](C(=O)N3CCCCC3)Sc3ccccc32)cc1. The van der Waals surface area contributed by atoms with Crippen LogP contribution in [0, 0.1) is 6.92 Å². The van der Waals surface area contributed by atoms with Gasteiger partial charge < -0.3 is 15.1 Å². The molecule has 0 aliphatic carbocycles. The van der Waals surface area contributed by atoms with Crippen LogP contribution in [0.15, 0.2) is 53.4 Å². The molecule has 2 aliphatic heterocycles. The van der Waals surface area contributed by atoms with E-state index in [1.807, 2.05) is 55.5 Å². The second-order valence-electron chi connectivity index (χ2n) is 8.04. The molecule has 2 aromatic rings. The summed E-state index contributed by atoms with van der Waals surface area (Å²) in [4.78, 5) is 43.2. The maximum absolute atomic E-state index is 13.3. The number of benzene rings is 2. The van der Waals surface area contributed by atoms with Gasteiger partial charge in [0, 0.05) is 24.5 Å². The van der Waals surface area contributed by atoms with Crippen LogP contribution < -0.4 is 10.2 Å². The number of para-hydroxylation sites is 1. The van der Waals surface area contributed by atoms with E-state index in [1.54, 1.807) is 4.90 Å². The number of hydrogen-bond acceptors (Lipinski definition) is 4. The maximum atomic E-state index is 13.3. The van der Waals surface area contributed by atoms with E-state index < -0.39 is 5.25 Å². The van der Waals surface area contributed by atoms with Crippen molar-refractivity contribution < 1.29 is 14.4 Å². The quantitative estimate of drug-likeness (QED) is 0.730. The Morgan fingerprint density at radius 2 is 1.74 bits per heavy atom. The van der Waals surface area contributed by atoms with Gasteiger partial charge in [0.25, 0.3) is 5.91 Å². The minimum atomic E-state index is -0.835. The monoisotopic (exact) mass is 437 g/mol. The number of likely N-dealkylation sites (tertiary alicyclic amines) is 1. The zero-order chi connectivity index (χ0) is 21.8. The molecular weight excluding hydrogens is 410 g/mol. The first-order valence-corrected chi connectivity index (χ1v) is 11.6. The third-order valence-electron chi connectivity index (χ3n) is 5.70. The lowest BCUT2D eigenvalue weighted by atomic mass is 10.1. The smallest absolute Gasteiger partial charge is 0.250 e. The summed E-state index contributed by atoms with van der Waals surface area (Å²) in [7, 11) is 0. The van der Waals surface area contributed by atoms with E-state index in [4.69, 9.17) is 0 Å². The van der Waals surface area contributed by atoms with Crippen molar-refractivity contribution >= 4 is 35.2 Å². The molecule has 6 nitrogen and oxygen atoms in total. The van der Waals surface area contributed by atoms with Crippen LogP contribution in [0.2, 0.25) is 0 Å². The molecule has 3 amide bonds. The zero-order valence-corrected chi connectivity index (χ0v) is 18.5. The molecule has 4 rings (SSSR count). The molecule has 7 heteroatoms. The van der Waals surface area contributed by atoms with E-state index in [1.165, 1.54) is 16.7 Å². The molecule has 31 heavy (non-hydrogen) atoms. The number of nitrogens with zero attached hydrogens (tertiary/aromatic N) is 2. The number of nitrogens with one attached hydrogen (secondary N) is 1. The summed E-state index contributed by atoms with van der Waals surface area (Å²) in [6.07, 6.45) is 3.06. The zero-order valence-electron chi connectivity index (χ0n) is 17.7. The van der Waals surface area contributed by atoms with Crippen LogP contribution >= 0.6 is 11.8 Å². The highest BCUT2D eigenvalue weighted by molar-refractivity contribution is 8.01. The second kappa shape index (κ2) is 9.56. The number of carbonyl (C=O) groups excluding carboxylic acids is 3. The Balaban J connectivity index is 1.48. The number of rotatable bonds is 5. The van der Waals surface area contributed by atoms with E-state index in [0.717, 1.165) is 35.3 Å². The molecule has 1 saturated heterocycles. The van der Waals surface area contributed by atoms with Crippen LogP contribution in [-0.2, 0) is 20.9 Å². The number of aryl methyl sites for hydroxylation is 1. The predicted octanol–water partition coefficient (Wildman–Crippen LogP) is 3.13. The molecule has 2 aromatic carbocycles. The van der Waals surface area contributed by atoms with Gasteiger partial charge in [0.2, 0.25) is 11.8 Å². The van der Waals surface area contributed by atoms with Gasteiger partial charge in [-0.15, -0.1) is 11.8 Å². The van der Waals surface area contributed by atoms with Crippen molar-refractivity contribution in [3.8, 4) is 0 Å². The summed E-state index contributed by atoms with van der Waals surface area (Å²) in [6.45, 7) is 3.70. The standard InChI is InChI=1S/C24H27N3O3S/c1-17-9-11-18(12-10-17)15-25-21(28)16-27-19-7-3-4-8-20(19)31-22(24(27)30)23(29)26-13-5-2-6-14-26/h3-4,7-12,22H,2,5-6,13-16H2,1H3,(H,25,28)/t22-/m1/s1. The van der Waals surface area contributed by atoms with Gasteiger partial charge >= 0.3 is 0 Å². The van der Waals surface area contributed by atoms with Gasteiger partial charge in [0.05, 0.1) is 5.69 Å². The fraction of sp³-hybridized carbons (Fsp3) is 0.375. The molecule has 1 atom stereocenters. The Kier molecular flexibility index (Phi) is 6.61. The first-order valence-electron chi connectivity index (χ1n) is 10.7. The minimum absolute atomic E-state index is 0.105. The maximum Gasteiger partial charge on any atom is 0.250 e. The van der Waals surface area contributed by atoms with Gasteiger partial charge in [0.1, 0.15) is 6.54 Å². The van der Waals surface area contributed by atoms with Crippen LogP contribution in [-0.4, -0.2) is 47.5 Å². The summed E-state index contributed by atoms with van der Waals surface area (Å²) < 4.78 is 0. The second-order valence-corrected chi connectivity index (χ2v) is 9.19. The van der Waals surface area contributed by atoms with Crippen LogP contribution in [0.5, 0.6) is 0 Å². The van der Waals surface area contributed by atoms with Crippen molar-refractivity contribution in [2.45, 2.75) is 42.9 Å². The van der Waals surface area contributed by atoms with Gasteiger partial charge in [-0.05, 0) is 43.9 Å². The Morgan fingerprint density at radius 3 is 2.48 bits per heavy atom. The molecular formula is C24H27N3O3S. The summed E-state index contributed by atoms with van der Waals surface area (Å²) >= 11 is 1.30. The van der Waals surface area contributed by atoms with Gasteiger partial charge in [-0.1, -0.05) is 42.0 Å². The molecule has 0 radical (unpaired) electrons. The molecule has 0 bridgehead atoms. The van der Waals surface area contributed by atoms with Gasteiger partial charge in [0.15, 0.2) is 5.25 Å². The molecule has 1 N–H and O–H groups in total. The minimum Gasteiger partial charge on any atom is -0.350 e. The number of thioether (sulfide) groups is 1.